The van der Waals surface area contributed by atoms with Crippen molar-refractivity contribution in [1.82, 2.24) is 9.97 Å². The number of amides is 1. The van der Waals surface area contributed by atoms with E-state index in [2.05, 4.69) is 15.3 Å². The molecule has 0 bridgehead atoms. The third-order valence-corrected chi connectivity index (χ3v) is 3.81. The van der Waals surface area contributed by atoms with Crippen molar-refractivity contribution in [3.63, 3.8) is 0 Å². The van der Waals surface area contributed by atoms with E-state index in [-0.39, 0.29) is 5.91 Å². The maximum atomic E-state index is 12.4. The van der Waals surface area contributed by atoms with Crippen molar-refractivity contribution in [2.24, 2.45) is 0 Å². The molecule has 1 aromatic carbocycles. The highest BCUT2D eigenvalue weighted by atomic mass is 32.1. The van der Waals surface area contributed by atoms with Gasteiger partial charge in [0.1, 0.15) is 5.00 Å². The molecule has 1 amide bonds. The maximum Gasteiger partial charge on any atom is 0.258 e. The van der Waals surface area contributed by atoms with Crippen LogP contribution in [0.1, 0.15) is 21.1 Å². The Labute approximate surface area is 114 Å². The first-order chi connectivity index (χ1) is 9.15. The fourth-order valence-electron chi connectivity index (χ4n) is 2.16. The fourth-order valence-corrected chi connectivity index (χ4v) is 2.84. The molecule has 0 unspecified atom stereocenters. The third kappa shape index (κ3) is 2.13. The molecular weight excluding hydrogens is 258 g/mol. The number of aromatic nitrogens is 2. The average molecular weight is 271 g/mol. The van der Waals surface area contributed by atoms with Crippen molar-refractivity contribution >= 4 is 33.1 Å². The normalized spacial score (nSPS) is 10.8. The topological polar surface area (TPSA) is 57.8 Å². The number of hydrogen-bond donors (Lipinski definition) is 2. The monoisotopic (exact) mass is 271 g/mol. The Bertz CT molecular complexity index is 757. The molecule has 0 saturated carbocycles. The molecule has 3 aromatic rings. The van der Waals surface area contributed by atoms with Crippen LogP contribution in [0.3, 0.4) is 0 Å². The summed E-state index contributed by atoms with van der Waals surface area (Å²) >= 11 is 1.47. The lowest BCUT2D eigenvalue weighted by Crippen LogP contribution is -2.11. The number of rotatable bonds is 2. The minimum atomic E-state index is -0.0985. The number of benzene rings is 1. The van der Waals surface area contributed by atoms with Gasteiger partial charge in [-0.1, -0.05) is 18.2 Å². The lowest BCUT2D eigenvalue weighted by molar-refractivity contribution is 0.102. The van der Waals surface area contributed by atoms with E-state index in [0.717, 1.165) is 26.6 Å². The van der Waals surface area contributed by atoms with Gasteiger partial charge in [0.15, 0.2) is 0 Å². The summed E-state index contributed by atoms with van der Waals surface area (Å²) in [6.07, 6.45) is 1.68. The van der Waals surface area contributed by atoms with Gasteiger partial charge in [-0.05, 0) is 19.9 Å². The minimum absolute atomic E-state index is 0.0985. The molecule has 19 heavy (non-hydrogen) atoms. The van der Waals surface area contributed by atoms with Gasteiger partial charge in [0.2, 0.25) is 0 Å². The Balaban J connectivity index is 1.99. The van der Waals surface area contributed by atoms with E-state index in [9.17, 15) is 4.79 Å². The minimum Gasteiger partial charge on any atom is -0.358 e. The number of fused-ring (bicyclic) bond motifs is 1. The number of thiazole rings is 1. The van der Waals surface area contributed by atoms with Crippen LogP contribution >= 0.6 is 11.3 Å². The second-order valence-electron chi connectivity index (χ2n) is 4.37. The number of aryl methyl sites for hydroxylation is 2. The highest BCUT2D eigenvalue weighted by Crippen LogP contribution is 2.24. The predicted octanol–water partition coefficient (Wildman–Crippen LogP) is 3.49. The summed E-state index contributed by atoms with van der Waals surface area (Å²) in [7, 11) is 0. The van der Waals surface area contributed by atoms with Gasteiger partial charge in [-0.2, -0.15) is 0 Å². The second kappa shape index (κ2) is 4.51. The van der Waals surface area contributed by atoms with Gasteiger partial charge in [-0.3, -0.25) is 4.79 Å². The molecule has 96 valence electrons. The first-order valence-corrected chi connectivity index (χ1v) is 6.78. The van der Waals surface area contributed by atoms with Crippen molar-refractivity contribution in [3.05, 3.63) is 46.7 Å². The third-order valence-electron chi connectivity index (χ3n) is 2.98. The summed E-state index contributed by atoms with van der Waals surface area (Å²) in [6.45, 7) is 3.82. The van der Waals surface area contributed by atoms with Crippen molar-refractivity contribution in [3.8, 4) is 0 Å². The number of hydrogen-bond acceptors (Lipinski definition) is 3. The van der Waals surface area contributed by atoms with E-state index in [4.69, 9.17) is 0 Å². The Hall–Kier alpha value is -2.14. The highest BCUT2D eigenvalue weighted by Gasteiger charge is 2.16. The Morgan fingerprint density at radius 1 is 1.32 bits per heavy atom. The van der Waals surface area contributed by atoms with E-state index >= 15 is 0 Å². The number of carbonyl (C=O) groups excluding carboxylic acids is 1. The standard InChI is InChI=1S/C14H13N3OS/c1-8-13(10-5-3-4-6-11(10)16-8)14(18)17-12-7-15-9(2)19-12/h3-7,16H,1-2H3,(H,17,18). The number of anilines is 1. The molecule has 4 nitrogen and oxygen atoms in total. The lowest BCUT2D eigenvalue weighted by atomic mass is 10.1. The maximum absolute atomic E-state index is 12.4. The summed E-state index contributed by atoms with van der Waals surface area (Å²) in [5.41, 5.74) is 2.55. The first-order valence-electron chi connectivity index (χ1n) is 5.96. The van der Waals surface area contributed by atoms with Gasteiger partial charge in [0, 0.05) is 16.6 Å². The molecule has 0 atom stereocenters. The van der Waals surface area contributed by atoms with Crippen LogP contribution in [0.2, 0.25) is 0 Å². The van der Waals surface area contributed by atoms with Gasteiger partial charge in [-0.25, -0.2) is 4.98 Å². The molecule has 2 heterocycles. The largest absolute Gasteiger partial charge is 0.358 e. The van der Waals surface area contributed by atoms with Crippen molar-refractivity contribution < 1.29 is 4.79 Å². The van der Waals surface area contributed by atoms with E-state index in [1.165, 1.54) is 11.3 Å². The van der Waals surface area contributed by atoms with Crippen LogP contribution in [0.25, 0.3) is 10.9 Å². The van der Waals surface area contributed by atoms with E-state index in [0.29, 0.717) is 5.56 Å². The van der Waals surface area contributed by atoms with Crippen LogP contribution in [0, 0.1) is 13.8 Å². The van der Waals surface area contributed by atoms with Crippen LogP contribution in [-0.2, 0) is 0 Å². The summed E-state index contributed by atoms with van der Waals surface area (Å²) < 4.78 is 0. The van der Waals surface area contributed by atoms with Gasteiger partial charge >= 0.3 is 0 Å². The zero-order valence-electron chi connectivity index (χ0n) is 10.7. The van der Waals surface area contributed by atoms with Crippen LogP contribution in [0.15, 0.2) is 30.5 Å². The van der Waals surface area contributed by atoms with Gasteiger partial charge in [0.25, 0.3) is 5.91 Å². The molecule has 5 heteroatoms. The van der Waals surface area contributed by atoms with Crippen LogP contribution in [0.4, 0.5) is 5.00 Å². The summed E-state index contributed by atoms with van der Waals surface area (Å²) in [5.74, 6) is -0.0985. The summed E-state index contributed by atoms with van der Waals surface area (Å²) in [6, 6.07) is 7.80. The van der Waals surface area contributed by atoms with Crippen molar-refractivity contribution in [1.29, 1.82) is 0 Å². The van der Waals surface area contributed by atoms with Gasteiger partial charge < -0.3 is 10.3 Å². The molecule has 0 fully saturated rings. The number of para-hydroxylation sites is 1. The number of nitrogens with one attached hydrogen (secondary N) is 2. The van der Waals surface area contributed by atoms with Crippen LogP contribution in [0.5, 0.6) is 0 Å². The zero-order chi connectivity index (χ0) is 13.4. The van der Waals surface area contributed by atoms with E-state index in [1.807, 2.05) is 38.1 Å². The van der Waals surface area contributed by atoms with Crippen molar-refractivity contribution in [2.75, 3.05) is 5.32 Å². The molecule has 0 radical (unpaired) electrons. The Kier molecular flexibility index (Phi) is 2.83. The number of aromatic amines is 1. The molecule has 0 saturated heterocycles. The van der Waals surface area contributed by atoms with Crippen LogP contribution < -0.4 is 5.32 Å². The SMILES string of the molecule is Cc1ncc(NC(=O)c2c(C)[nH]c3ccccc23)s1. The average Bonchev–Trinajstić information content (AvgIpc) is 2.91. The second-order valence-corrected chi connectivity index (χ2v) is 5.60. The number of nitrogens with zero attached hydrogens (tertiary/aromatic N) is 1. The molecule has 0 aliphatic rings. The van der Waals surface area contributed by atoms with Crippen LogP contribution in [-0.4, -0.2) is 15.9 Å². The Morgan fingerprint density at radius 3 is 2.84 bits per heavy atom. The molecule has 0 aliphatic heterocycles. The molecule has 2 aromatic heterocycles. The summed E-state index contributed by atoms with van der Waals surface area (Å²) in [4.78, 5) is 19.7. The van der Waals surface area contributed by atoms with Gasteiger partial charge in [-0.15, -0.1) is 11.3 Å². The molecule has 3 rings (SSSR count). The zero-order valence-corrected chi connectivity index (χ0v) is 11.5. The van der Waals surface area contributed by atoms with E-state index in [1.54, 1.807) is 6.20 Å². The lowest BCUT2D eigenvalue weighted by Gasteiger charge is -2.02. The predicted molar refractivity (Wildman–Crippen MR) is 77.8 cm³/mol. The van der Waals surface area contributed by atoms with Gasteiger partial charge in [0.05, 0.1) is 16.8 Å². The molecule has 0 spiro atoms. The summed E-state index contributed by atoms with van der Waals surface area (Å²) in [5, 5.41) is 5.55. The quantitative estimate of drug-likeness (QED) is 0.749. The fraction of sp³-hybridized carbons (Fsp3) is 0.143. The highest BCUT2D eigenvalue weighted by molar-refractivity contribution is 7.15. The molecule has 2 N–H and O–H groups in total. The number of carbonyl (C=O) groups is 1. The smallest absolute Gasteiger partial charge is 0.258 e. The molecular formula is C14H13N3OS. The van der Waals surface area contributed by atoms with Crippen molar-refractivity contribution in [2.45, 2.75) is 13.8 Å². The molecule has 0 aliphatic carbocycles. The first kappa shape index (κ1) is 11.9. The Morgan fingerprint density at radius 2 is 2.11 bits per heavy atom. The number of H-pyrrole nitrogens is 1. The van der Waals surface area contributed by atoms with E-state index < -0.39 is 0 Å².